The summed E-state index contributed by atoms with van der Waals surface area (Å²) in [6.45, 7) is 0. The van der Waals surface area contributed by atoms with Crippen molar-refractivity contribution < 1.29 is 4.79 Å². The van der Waals surface area contributed by atoms with Gasteiger partial charge in [-0.25, -0.2) is 0 Å². The van der Waals surface area contributed by atoms with Crippen molar-refractivity contribution in [2.45, 2.75) is 25.7 Å². The van der Waals surface area contributed by atoms with E-state index >= 15 is 0 Å². The molecule has 0 atom stereocenters. The highest BCUT2D eigenvalue weighted by molar-refractivity contribution is 6.18. The molecule has 0 unspecified atom stereocenters. The minimum absolute atomic E-state index is 0.214. The van der Waals surface area contributed by atoms with E-state index in [0.717, 1.165) is 30.2 Å². The molecule has 0 aromatic heterocycles. The van der Waals surface area contributed by atoms with Crippen molar-refractivity contribution in [3.63, 3.8) is 0 Å². The van der Waals surface area contributed by atoms with Crippen LogP contribution in [0.3, 0.4) is 0 Å². The molecule has 2 aromatic carbocycles. The standard InChI is InChI=1S/C16H15ClO/c17-10-2-5-15(18)13-9-8-12-7-6-11-3-1-4-14(13)16(11)12/h1,3-4,8-9H,2,5-7,10H2. The van der Waals surface area contributed by atoms with Crippen LogP contribution in [0.1, 0.15) is 34.3 Å². The van der Waals surface area contributed by atoms with Crippen molar-refractivity contribution in [3.8, 4) is 0 Å². The number of alkyl halides is 1. The quantitative estimate of drug-likeness (QED) is 0.595. The molecular formula is C16H15ClO. The van der Waals surface area contributed by atoms with E-state index < -0.39 is 0 Å². The Labute approximate surface area is 112 Å². The minimum atomic E-state index is 0.214. The summed E-state index contributed by atoms with van der Waals surface area (Å²) in [6.07, 6.45) is 3.50. The number of hydrogen-bond donors (Lipinski definition) is 0. The fourth-order valence-corrected chi connectivity index (χ4v) is 2.99. The van der Waals surface area contributed by atoms with Crippen molar-refractivity contribution >= 4 is 28.2 Å². The normalized spacial score (nSPS) is 13.2. The van der Waals surface area contributed by atoms with Crippen LogP contribution in [0, 0.1) is 0 Å². The molecule has 2 aromatic rings. The third kappa shape index (κ3) is 1.83. The number of benzene rings is 2. The van der Waals surface area contributed by atoms with E-state index in [0.29, 0.717) is 12.3 Å². The predicted octanol–water partition coefficient (Wildman–Crippen LogP) is 4.14. The molecule has 0 amide bonds. The zero-order valence-corrected chi connectivity index (χ0v) is 11.0. The van der Waals surface area contributed by atoms with Gasteiger partial charge in [0.25, 0.3) is 0 Å². The molecule has 0 fully saturated rings. The van der Waals surface area contributed by atoms with Gasteiger partial charge in [-0.05, 0) is 41.2 Å². The maximum atomic E-state index is 12.2. The van der Waals surface area contributed by atoms with Crippen LogP contribution in [0.15, 0.2) is 30.3 Å². The summed E-state index contributed by atoms with van der Waals surface area (Å²) in [5.74, 6) is 0.763. The average Bonchev–Trinajstić information content (AvgIpc) is 2.82. The summed E-state index contributed by atoms with van der Waals surface area (Å²) in [7, 11) is 0. The molecule has 1 aliphatic rings. The molecule has 3 rings (SSSR count). The van der Waals surface area contributed by atoms with Crippen LogP contribution in [-0.2, 0) is 12.8 Å². The summed E-state index contributed by atoms with van der Waals surface area (Å²) in [5.41, 5.74) is 3.63. The summed E-state index contributed by atoms with van der Waals surface area (Å²) < 4.78 is 0. The number of halogens is 1. The van der Waals surface area contributed by atoms with E-state index in [9.17, 15) is 4.79 Å². The number of aryl methyl sites for hydroxylation is 2. The van der Waals surface area contributed by atoms with Gasteiger partial charge < -0.3 is 0 Å². The molecule has 0 saturated heterocycles. The number of ketones is 1. The van der Waals surface area contributed by atoms with Crippen LogP contribution in [0.25, 0.3) is 10.8 Å². The maximum Gasteiger partial charge on any atom is 0.163 e. The van der Waals surface area contributed by atoms with E-state index in [4.69, 9.17) is 11.6 Å². The fourth-order valence-electron chi connectivity index (χ4n) is 2.85. The van der Waals surface area contributed by atoms with Crippen LogP contribution in [0.5, 0.6) is 0 Å². The largest absolute Gasteiger partial charge is 0.294 e. The molecular weight excluding hydrogens is 244 g/mol. The molecule has 1 nitrogen and oxygen atoms in total. The van der Waals surface area contributed by atoms with Crippen molar-refractivity contribution in [2.24, 2.45) is 0 Å². The van der Waals surface area contributed by atoms with Gasteiger partial charge >= 0.3 is 0 Å². The third-order valence-electron chi connectivity index (χ3n) is 3.71. The number of carbonyl (C=O) groups is 1. The number of rotatable bonds is 4. The zero-order valence-electron chi connectivity index (χ0n) is 10.2. The van der Waals surface area contributed by atoms with E-state index in [1.807, 2.05) is 6.07 Å². The molecule has 0 aliphatic heterocycles. The first kappa shape index (κ1) is 11.7. The Morgan fingerprint density at radius 3 is 2.67 bits per heavy atom. The van der Waals surface area contributed by atoms with Crippen molar-refractivity contribution in [2.75, 3.05) is 5.88 Å². The average molecular weight is 259 g/mol. The SMILES string of the molecule is O=C(CCCCl)c1ccc2c3c(cccc13)CC2. The van der Waals surface area contributed by atoms with Crippen LogP contribution < -0.4 is 0 Å². The fraction of sp³-hybridized carbons (Fsp3) is 0.312. The Morgan fingerprint density at radius 1 is 1.11 bits per heavy atom. The molecule has 0 heterocycles. The highest BCUT2D eigenvalue weighted by Crippen LogP contribution is 2.33. The summed E-state index contributed by atoms with van der Waals surface area (Å²) in [6, 6.07) is 10.4. The molecule has 0 saturated carbocycles. The van der Waals surface area contributed by atoms with Crippen LogP contribution >= 0.6 is 11.6 Å². The van der Waals surface area contributed by atoms with E-state index in [1.165, 1.54) is 16.5 Å². The lowest BCUT2D eigenvalue weighted by Gasteiger charge is -2.07. The van der Waals surface area contributed by atoms with E-state index in [2.05, 4.69) is 24.3 Å². The van der Waals surface area contributed by atoms with Crippen molar-refractivity contribution in [3.05, 3.63) is 47.0 Å². The highest BCUT2D eigenvalue weighted by Gasteiger charge is 2.18. The van der Waals surface area contributed by atoms with Gasteiger partial charge in [-0.15, -0.1) is 11.6 Å². The Morgan fingerprint density at radius 2 is 1.89 bits per heavy atom. The number of Topliss-reactive ketones (excluding diaryl/α,β-unsaturated/α-hetero) is 1. The summed E-state index contributed by atoms with van der Waals surface area (Å²) >= 11 is 5.66. The lowest BCUT2D eigenvalue weighted by atomic mass is 9.96. The third-order valence-corrected chi connectivity index (χ3v) is 3.98. The first-order chi connectivity index (χ1) is 8.81. The van der Waals surface area contributed by atoms with Crippen LogP contribution in [0.2, 0.25) is 0 Å². The first-order valence-electron chi connectivity index (χ1n) is 6.44. The molecule has 1 aliphatic carbocycles. The minimum Gasteiger partial charge on any atom is -0.294 e. The van der Waals surface area contributed by atoms with Gasteiger partial charge in [0.05, 0.1) is 0 Å². The second kappa shape index (κ2) is 4.74. The lowest BCUT2D eigenvalue weighted by molar-refractivity contribution is 0.0983. The van der Waals surface area contributed by atoms with Gasteiger partial charge in [0.1, 0.15) is 0 Å². The lowest BCUT2D eigenvalue weighted by Crippen LogP contribution is -2.01. The number of hydrogen-bond acceptors (Lipinski definition) is 1. The Kier molecular flexibility index (Phi) is 3.09. The van der Waals surface area contributed by atoms with Gasteiger partial charge in [-0.2, -0.15) is 0 Å². The molecule has 0 bridgehead atoms. The molecule has 0 spiro atoms. The van der Waals surface area contributed by atoms with E-state index in [1.54, 1.807) is 0 Å². The smallest absolute Gasteiger partial charge is 0.163 e. The van der Waals surface area contributed by atoms with E-state index in [-0.39, 0.29) is 5.78 Å². The predicted molar refractivity (Wildman–Crippen MR) is 75.6 cm³/mol. The number of carbonyl (C=O) groups excluding carboxylic acids is 1. The summed E-state index contributed by atoms with van der Waals surface area (Å²) in [5, 5.41) is 2.44. The highest BCUT2D eigenvalue weighted by atomic mass is 35.5. The molecule has 0 N–H and O–H groups in total. The molecule has 18 heavy (non-hydrogen) atoms. The second-order valence-corrected chi connectivity index (χ2v) is 5.21. The van der Waals surface area contributed by atoms with Gasteiger partial charge in [-0.3, -0.25) is 4.79 Å². The molecule has 2 heteroatoms. The van der Waals surface area contributed by atoms with Crippen LogP contribution in [-0.4, -0.2) is 11.7 Å². The van der Waals surface area contributed by atoms with Gasteiger partial charge in [0.2, 0.25) is 0 Å². The maximum absolute atomic E-state index is 12.2. The van der Waals surface area contributed by atoms with Gasteiger partial charge in [-0.1, -0.05) is 30.3 Å². The molecule has 0 radical (unpaired) electrons. The first-order valence-corrected chi connectivity index (χ1v) is 6.97. The summed E-state index contributed by atoms with van der Waals surface area (Å²) in [4.78, 5) is 12.2. The van der Waals surface area contributed by atoms with Crippen molar-refractivity contribution in [1.82, 2.24) is 0 Å². The van der Waals surface area contributed by atoms with Gasteiger partial charge in [0, 0.05) is 17.9 Å². The van der Waals surface area contributed by atoms with Gasteiger partial charge in [0.15, 0.2) is 5.78 Å². The second-order valence-electron chi connectivity index (χ2n) is 4.83. The van der Waals surface area contributed by atoms with Crippen LogP contribution in [0.4, 0.5) is 0 Å². The molecule has 92 valence electrons. The van der Waals surface area contributed by atoms with Crippen molar-refractivity contribution in [1.29, 1.82) is 0 Å². The topological polar surface area (TPSA) is 17.1 Å². The Balaban J connectivity index is 2.12. The Hall–Kier alpha value is -1.34. The monoisotopic (exact) mass is 258 g/mol. The Bertz CT molecular complexity index is 606. The zero-order chi connectivity index (χ0) is 12.5.